The van der Waals surface area contributed by atoms with Crippen LogP contribution in [0.15, 0.2) is 23.4 Å². The van der Waals surface area contributed by atoms with Gasteiger partial charge in [0.2, 0.25) is 6.41 Å². The van der Waals surface area contributed by atoms with Gasteiger partial charge in [-0.25, -0.2) is 0 Å². The van der Waals surface area contributed by atoms with Crippen molar-refractivity contribution in [3.8, 4) is 5.75 Å². The number of carbonyl (C=O) groups excluding carboxylic acids is 1. The van der Waals surface area contributed by atoms with E-state index in [2.05, 4.69) is 17.4 Å². The van der Waals surface area contributed by atoms with Crippen molar-refractivity contribution in [2.24, 2.45) is 5.18 Å². The molecular formula is C17H26N2O3. The van der Waals surface area contributed by atoms with Crippen molar-refractivity contribution in [3.05, 3.63) is 28.7 Å². The number of phenolic OH excluding ortho intramolecular Hbond substituents is 1. The van der Waals surface area contributed by atoms with Crippen LogP contribution in [0.25, 0.3) is 0 Å². The average molecular weight is 306 g/mol. The van der Waals surface area contributed by atoms with Crippen LogP contribution in [0.1, 0.15) is 69.9 Å². The Morgan fingerprint density at radius 3 is 2.50 bits per heavy atom. The number of hydrogen-bond acceptors (Lipinski definition) is 4. The van der Waals surface area contributed by atoms with Crippen molar-refractivity contribution in [2.75, 3.05) is 5.32 Å². The maximum Gasteiger partial charge on any atom is 0.211 e. The van der Waals surface area contributed by atoms with E-state index in [-0.39, 0.29) is 5.75 Å². The molecule has 1 aromatic rings. The van der Waals surface area contributed by atoms with Gasteiger partial charge >= 0.3 is 0 Å². The van der Waals surface area contributed by atoms with Gasteiger partial charge in [0.1, 0.15) is 11.8 Å². The van der Waals surface area contributed by atoms with Gasteiger partial charge in [-0.2, -0.15) is 4.91 Å². The molecule has 22 heavy (non-hydrogen) atoms. The first-order chi connectivity index (χ1) is 10.7. The van der Waals surface area contributed by atoms with Crippen molar-refractivity contribution >= 4 is 12.1 Å². The summed E-state index contributed by atoms with van der Waals surface area (Å²) in [4.78, 5) is 21.6. The molecule has 0 aliphatic heterocycles. The summed E-state index contributed by atoms with van der Waals surface area (Å²) in [6.07, 6.45) is 9.29. The highest BCUT2D eigenvalue weighted by Crippen LogP contribution is 2.35. The largest absolute Gasteiger partial charge is 0.505 e. The van der Waals surface area contributed by atoms with Crippen LogP contribution in [-0.2, 0) is 4.79 Å². The smallest absolute Gasteiger partial charge is 0.211 e. The lowest BCUT2D eigenvalue weighted by Crippen LogP contribution is -2.00. The van der Waals surface area contributed by atoms with Gasteiger partial charge < -0.3 is 10.4 Å². The number of nitrogens with one attached hydrogen (secondary N) is 1. The molecule has 0 heterocycles. The minimum absolute atomic E-state index is 0.0675. The summed E-state index contributed by atoms with van der Waals surface area (Å²) in [7, 11) is 0. The van der Waals surface area contributed by atoms with Crippen LogP contribution in [0.2, 0.25) is 0 Å². The molecule has 0 aromatic heterocycles. The summed E-state index contributed by atoms with van der Waals surface area (Å²) in [5.41, 5.74) is 0.786. The number of nitrogens with zero attached hydrogens (tertiary/aromatic N) is 1. The van der Waals surface area contributed by atoms with E-state index >= 15 is 0 Å². The van der Waals surface area contributed by atoms with Crippen molar-refractivity contribution in [3.63, 3.8) is 0 Å². The molecule has 0 bridgehead atoms. The van der Waals surface area contributed by atoms with Gasteiger partial charge in [0.05, 0.1) is 5.69 Å². The molecule has 0 aliphatic rings. The van der Waals surface area contributed by atoms with Gasteiger partial charge in [0, 0.05) is 5.56 Å². The molecule has 5 heteroatoms. The second-order valence-corrected chi connectivity index (χ2v) is 5.54. The van der Waals surface area contributed by atoms with Crippen LogP contribution < -0.4 is 5.32 Å². The lowest BCUT2D eigenvalue weighted by molar-refractivity contribution is -0.105. The minimum atomic E-state index is -0.566. The van der Waals surface area contributed by atoms with Crippen LogP contribution >= 0.6 is 0 Å². The second-order valence-electron chi connectivity index (χ2n) is 5.54. The molecule has 5 nitrogen and oxygen atoms in total. The molecule has 122 valence electrons. The van der Waals surface area contributed by atoms with E-state index in [0.717, 1.165) is 12.8 Å². The van der Waals surface area contributed by atoms with Crippen LogP contribution in [0, 0.1) is 4.91 Å². The van der Waals surface area contributed by atoms with E-state index in [9.17, 15) is 14.8 Å². The fourth-order valence-electron chi connectivity index (χ4n) is 2.57. The predicted molar refractivity (Wildman–Crippen MR) is 88.9 cm³/mol. The lowest BCUT2D eigenvalue weighted by Gasteiger charge is -2.13. The van der Waals surface area contributed by atoms with Crippen LogP contribution in [0.3, 0.4) is 0 Å². The lowest BCUT2D eigenvalue weighted by atomic mass is 9.98. The Morgan fingerprint density at radius 1 is 1.18 bits per heavy atom. The number of para-hydroxylation sites is 1. The van der Waals surface area contributed by atoms with Crippen molar-refractivity contribution in [2.45, 2.75) is 64.3 Å². The number of rotatable bonds is 12. The molecule has 0 spiro atoms. The molecule has 0 aliphatic carbocycles. The zero-order valence-electron chi connectivity index (χ0n) is 13.3. The van der Waals surface area contributed by atoms with Crippen molar-refractivity contribution in [1.29, 1.82) is 0 Å². The third-order valence-electron chi connectivity index (χ3n) is 3.85. The fraction of sp³-hybridized carbons (Fsp3) is 0.588. The van der Waals surface area contributed by atoms with Gasteiger partial charge in [-0.05, 0) is 12.5 Å². The topological polar surface area (TPSA) is 78.8 Å². The zero-order chi connectivity index (χ0) is 16.2. The van der Waals surface area contributed by atoms with Gasteiger partial charge in [-0.1, -0.05) is 69.2 Å². The standard InChI is InChI=1S/C17H26N2O3/c1-2-3-4-5-6-7-8-11-15(19-22)14-10-9-12-16(17(14)21)18-13-20/h9-10,12-13,15,21H,2-8,11H2,1H3,(H,18,20). The highest BCUT2D eigenvalue weighted by atomic mass is 16.3. The number of aromatic hydroxyl groups is 1. The summed E-state index contributed by atoms with van der Waals surface area (Å²) in [6, 6.07) is 4.40. The third kappa shape index (κ3) is 5.84. The molecule has 0 fully saturated rings. The number of anilines is 1. The Bertz CT molecular complexity index is 463. The van der Waals surface area contributed by atoms with E-state index in [4.69, 9.17) is 0 Å². The minimum Gasteiger partial charge on any atom is -0.505 e. The van der Waals surface area contributed by atoms with Crippen molar-refractivity contribution in [1.82, 2.24) is 0 Å². The number of carbonyl (C=O) groups is 1. The van der Waals surface area contributed by atoms with Crippen LogP contribution in [0.5, 0.6) is 5.75 Å². The normalized spacial score (nSPS) is 11.9. The predicted octanol–water partition coefficient (Wildman–Crippen LogP) is 4.91. The van der Waals surface area contributed by atoms with Crippen LogP contribution in [-0.4, -0.2) is 11.5 Å². The maximum atomic E-state index is 11.1. The first-order valence-electron chi connectivity index (χ1n) is 8.09. The molecule has 1 atom stereocenters. The Kier molecular flexibility index (Phi) is 8.88. The van der Waals surface area contributed by atoms with Crippen molar-refractivity contribution < 1.29 is 9.90 Å². The Morgan fingerprint density at radius 2 is 1.86 bits per heavy atom. The molecule has 1 unspecified atom stereocenters. The first kappa shape index (κ1) is 18.1. The molecule has 1 aromatic carbocycles. The van der Waals surface area contributed by atoms with E-state index in [0.29, 0.717) is 24.1 Å². The second kappa shape index (κ2) is 10.8. The van der Waals surface area contributed by atoms with E-state index < -0.39 is 6.04 Å². The molecule has 1 rings (SSSR count). The summed E-state index contributed by atoms with van der Waals surface area (Å²) in [5.74, 6) is -0.0675. The number of hydrogen-bond donors (Lipinski definition) is 2. The molecule has 1 amide bonds. The number of benzene rings is 1. The molecule has 0 saturated carbocycles. The molecule has 2 N–H and O–H groups in total. The number of amides is 1. The summed E-state index contributed by atoms with van der Waals surface area (Å²) >= 11 is 0. The fourth-order valence-corrected chi connectivity index (χ4v) is 2.57. The number of unbranched alkanes of at least 4 members (excludes halogenated alkanes) is 6. The number of phenols is 1. The Hall–Kier alpha value is -1.91. The maximum absolute atomic E-state index is 11.1. The first-order valence-corrected chi connectivity index (χ1v) is 8.09. The highest BCUT2D eigenvalue weighted by molar-refractivity contribution is 5.76. The van der Waals surface area contributed by atoms with Gasteiger partial charge in [-0.3, -0.25) is 4.79 Å². The monoisotopic (exact) mass is 306 g/mol. The molecular weight excluding hydrogens is 280 g/mol. The summed E-state index contributed by atoms with van der Waals surface area (Å²) < 4.78 is 0. The highest BCUT2D eigenvalue weighted by Gasteiger charge is 2.17. The third-order valence-corrected chi connectivity index (χ3v) is 3.85. The quantitative estimate of drug-likeness (QED) is 0.249. The zero-order valence-corrected chi connectivity index (χ0v) is 13.3. The summed E-state index contributed by atoms with van der Waals surface area (Å²) in [6.45, 7) is 2.19. The Labute approximate surface area is 132 Å². The van der Waals surface area contributed by atoms with Gasteiger partial charge in [-0.15, -0.1) is 0 Å². The van der Waals surface area contributed by atoms with E-state index in [1.165, 1.54) is 32.1 Å². The summed E-state index contributed by atoms with van der Waals surface area (Å²) in [5, 5.41) is 15.7. The molecule has 0 saturated heterocycles. The van der Waals surface area contributed by atoms with Gasteiger partial charge in [0.25, 0.3) is 0 Å². The molecule has 0 radical (unpaired) electrons. The SMILES string of the molecule is CCCCCCCCCC(N=O)c1cccc(NC=O)c1O. The Balaban J connectivity index is 2.49. The van der Waals surface area contributed by atoms with Gasteiger partial charge in [0.15, 0.2) is 0 Å². The number of nitroso groups, excluding NO2 is 1. The van der Waals surface area contributed by atoms with E-state index in [1.807, 2.05) is 0 Å². The van der Waals surface area contributed by atoms with E-state index in [1.54, 1.807) is 18.2 Å². The van der Waals surface area contributed by atoms with Crippen LogP contribution in [0.4, 0.5) is 5.69 Å². The average Bonchev–Trinajstić information content (AvgIpc) is 2.53.